The molecule has 72 valence electrons. The third-order valence-corrected chi connectivity index (χ3v) is 2.23. The molecule has 0 aliphatic rings. The van der Waals surface area contributed by atoms with Crippen molar-refractivity contribution in [2.45, 2.75) is 6.61 Å². The third kappa shape index (κ3) is 3.85. The molecule has 0 aromatic carbocycles. The van der Waals surface area contributed by atoms with E-state index in [0.29, 0.717) is 19.8 Å². The van der Waals surface area contributed by atoms with Crippen LogP contribution in [-0.2, 0) is 16.1 Å². The Bertz CT molecular complexity index is 255. The molecule has 0 bridgehead atoms. The van der Waals surface area contributed by atoms with Crippen LogP contribution in [-0.4, -0.2) is 25.3 Å². The molecule has 3 nitrogen and oxygen atoms in total. The zero-order valence-corrected chi connectivity index (χ0v) is 9.08. The van der Waals surface area contributed by atoms with E-state index < -0.39 is 0 Å². The van der Waals surface area contributed by atoms with Crippen molar-refractivity contribution in [1.29, 1.82) is 0 Å². The van der Waals surface area contributed by atoms with Gasteiger partial charge in [0.1, 0.15) is 0 Å². The first-order chi connectivity index (χ1) is 6.34. The predicted octanol–water partition coefficient (Wildman–Crippen LogP) is 2.01. The van der Waals surface area contributed by atoms with Gasteiger partial charge in [0.25, 0.3) is 0 Å². The number of hydrogen-bond donors (Lipinski definition) is 0. The normalized spacial score (nSPS) is 10.3. The van der Waals surface area contributed by atoms with Crippen LogP contribution < -0.4 is 0 Å². The Hall–Kier alpha value is -0.450. The molecule has 0 saturated carbocycles. The predicted molar refractivity (Wildman–Crippen MR) is 53.5 cm³/mol. The van der Waals surface area contributed by atoms with Crippen LogP contribution >= 0.6 is 15.9 Å². The smallest absolute Gasteiger partial charge is 0.0900 e. The Kier molecular flexibility index (Phi) is 4.97. The number of ether oxygens (including phenoxy) is 2. The summed E-state index contributed by atoms with van der Waals surface area (Å²) in [6.07, 6.45) is 1.75. The van der Waals surface area contributed by atoms with Crippen LogP contribution in [0.1, 0.15) is 5.69 Å². The molecule has 0 spiro atoms. The molecule has 0 fully saturated rings. The first-order valence-corrected chi connectivity index (χ1v) is 4.80. The SMILES string of the molecule is COCCOCc1ncccc1Br. The summed E-state index contributed by atoms with van der Waals surface area (Å²) in [5, 5.41) is 0. The molecule has 0 N–H and O–H groups in total. The Balaban J connectivity index is 2.32. The van der Waals surface area contributed by atoms with Gasteiger partial charge in [-0.3, -0.25) is 4.98 Å². The van der Waals surface area contributed by atoms with Crippen LogP contribution in [0.5, 0.6) is 0 Å². The summed E-state index contributed by atoms with van der Waals surface area (Å²) in [6, 6.07) is 3.82. The molecule has 13 heavy (non-hydrogen) atoms. The molecule has 4 heteroatoms. The molecule has 1 aromatic heterocycles. The molecule has 0 saturated heterocycles. The van der Waals surface area contributed by atoms with Crippen LogP contribution in [0.25, 0.3) is 0 Å². The lowest BCUT2D eigenvalue weighted by Crippen LogP contribution is -2.03. The number of halogens is 1. The number of nitrogens with zero attached hydrogens (tertiary/aromatic N) is 1. The van der Waals surface area contributed by atoms with Crippen LogP contribution in [0, 0.1) is 0 Å². The molecule has 0 aliphatic carbocycles. The second-order valence-corrected chi connectivity index (χ2v) is 3.33. The fourth-order valence-electron chi connectivity index (χ4n) is 0.836. The van der Waals surface area contributed by atoms with Crippen LogP contribution in [0.15, 0.2) is 22.8 Å². The standard InChI is InChI=1S/C9H12BrNO2/c1-12-5-6-13-7-9-8(10)3-2-4-11-9/h2-4H,5-7H2,1H3. The molecule has 0 amide bonds. The van der Waals surface area contributed by atoms with E-state index in [0.717, 1.165) is 10.2 Å². The Labute approximate surface area is 86.2 Å². The van der Waals surface area contributed by atoms with Crippen molar-refractivity contribution in [2.24, 2.45) is 0 Å². The van der Waals surface area contributed by atoms with Crippen LogP contribution in [0.2, 0.25) is 0 Å². The molecular weight excluding hydrogens is 234 g/mol. The minimum absolute atomic E-state index is 0.519. The highest BCUT2D eigenvalue weighted by atomic mass is 79.9. The second kappa shape index (κ2) is 6.07. The van der Waals surface area contributed by atoms with Crippen molar-refractivity contribution in [3.63, 3.8) is 0 Å². The molecule has 1 aromatic rings. The van der Waals surface area contributed by atoms with Crippen LogP contribution in [0.4, 0.5) is 0 Å². The Morgan fingerprint density at radius 2 is 2.31 bits per heavy atom. The monoisotopic (exact) mass is 245 g/mol. The van der Waals surface area contributed by atoms with E-state index in [1.807, 2.05) is 12.1 Å². The van der Waals surface area contributed by atoms with Crippen molar-refractivity contribution in [1.82, 2.24) is 4.98 Å². The highest BCUT2D eigenvalue weighted by Gasteiger charge is 1.98. The zero-order valence-electron chi connectivity index (χ0n) is 7.50. The molecule has 0 atom stereocenters. The first kappa shape index (κ1) is 10.6. The maximum Gasteiger partial charge on any atom is 0.0900 e. The van der Waals surface area contributed by atoms with Gasteiger partial charge in [-0.2, -0.15) is 0 Å². The number of aromatic nitrogens is 1. The van der Waals surface area contributed by atoms with Gasteiger partial charge in [0.2, 0.25) is 0 Å². The van der Waals surface area contributed by atoms with Gasteiger partial charge in [0.05, 0.1) is 25.5 Å². The molecule has 1 rings (SSSR count). The van der Waals surface area contributed by atoms with Gasteiger partial charge in [-0.1, -0.05) is 0 Å². The summed E-state index contributed by atoms with van der Waals surface area (Å²) in [4.78, 5) is 4.16. The second-order valence-electron chi connectivity index (χ2n) is 2.48. The minimum Gasteiger partial charge on any atom is -0.382 e. The van der Waals surface area contributed by atoms with Gasteiger partial charge < -0.3 is 9.47 Å². The minimum atomic E-state index is 0.519. The third-order valence-electron chi connectivity index (χ3n) is 1.51. The van der Waals surface area contributed by atoms with Gasteiger partial charge >= 0.3 is 0 Å². The summed E-state index contributed by atoms with van der Waals surface area (Å²) in [7, 11) is 1.65. The van der Waals surface area contributed by atoms with Crippen molar-refractivity contribution in [3.05, 3.63) is 28.5 Å². The highest BCUT2D eigenvalue weighted by Crippen LogP contribution is 2.13. The van der Waals surface area contributed by atoms with E-state index in [-0.39, 0.29) is 0 Å². The van der Waals surface area contributed by atoms with Crippen LogP contribution in [0.3, 0.4) is 0 Å². The molecular formula is C9H12BrNO2. The summed E-state index contributed by atoms with van der Waals surface area (Å²) >= 11 is 3.39. The van der Waals surface area contributed by atoms with Gasteiger partial charge in [-0.15, -0.1) is 0 Å². The van der Waals surface area contributed by atoms with Crippen molar-refractivity contribution >= 4 is 15.9 Å². The lowest BCUT2D eigenvalue weighted by Gasteiger charge is -2.04. The topological polar surface area (TPSA) is 31.4 Å². The zero-order chi connectivity index (χ0) is 9.52. The maximum absolute atomic E-state index is 5.32. The summed E-state index contributed by atoms with van der Waals surface area (Å²) in [5.74, 6) is 0. The quantitative estimate of drug-likeness (QED) is 0.744. The van der Waals surface area contributed by atoms with Gasteiger partial charge in [-0.05, 0) is 28.1 Å². The molecule has 1 heterocycles. The van der Waals surface area contributed by atoms with E-state index in [1.54, 1.807) is 13.3 Å². The summed E-state index contributed by atoms with van der Waals surface area (Å²) in [5.41, 5.74) is 0.915. The Morgan fingerprint density at radius 3 is 3.00 bits per heavy atom. The average molecular weight is 246 g/mol. The molecule has 0 aliphatic heterocycles. The van der Waals surface area contributed by atoms with E-state index in [4.69, 9.17) is 9.47 Å². The van der Waals surface area contributed by atoms with E-state index in [2.05, 4.69) is 20.9 Å². The Morgan fingerprint density at radius 1 is 1.46 bits per heavy atom. The average Bonchev–Trinajstić information content (AvgIpc) is 2.15. The van der Waals surface area contributed by atoms with Crippen molar-refractivity contribution < 1.29 is 9.47 Å². The van der Waals surface area contributed by atoms with E-state index >= 15 is 0 Å². The first-order valence-electron chi connectivity index (χ1n) is 4.00. The fraction of sp³-hybridized carbons (Fsp3) is 0.444. The molecule has 0 radical (unpaired) electrons. The van der Waals surface area contributed by atoms with Crippen molar-refractivity contribution in [3.8, 4) is 0 Å². The number of methoxy groups -OCH3 is 1. The number of hydrogen-bond acceptors (Lipinski definition) is 3. The number of pyridine rings is 1. The van der Waals surface area contributed by atoms with E-state index in [1.165, 1.54) is 0 Å². The maximum atomic E-state index is 5.32. The molecule has 0 unspecified atom stereocenters. The highest BCUT2D eigenvalue weighted by molar-refractivity contribution is 9.10. The van der Waals surface area contributed by atoms with Crippen molar-refractivity contribution in [2.75, 3.05) is 20.3 Å². The van der Waals surface area contributed by atoms with Gasteiger partial charge in [-0.25, -0.2) is 0 Å². The van der Waals surface area contributed by atoms with E-state index in [9.17, 15) is 0 Å². The largest absolute Gasteiger partial charge is 0.382 e. The summed E-state index contributed by atoms with van der Waals surface area (Å²) < 4.78 is 11.2. The summed E-state index contributed by atoms with van der Waals surface area (Å²) in [6.45, 7) is 1.73. The lowest BCUT2D eigenvalue weighted by atomic mass is 10.4. The number of rotatable bonds is 5. The lowest BCUT2D eigenvalue weighted by molar-refractivity contribution is 0.0599. The van der Waals surface area contributed by atoms with Gasteiger partial charge in [0.15, 0.2) is 0 Å². The fourth-order valence-corrected chi connectivity index (χ4v) is 1.21. The van der Waals surface area contributed by atoms with Gasteiger partial charge in [0, 0.05) is 17.8 Å².